The second-order valence-electron chi connectivity index (χ2n) is 9.91. The molecule has 212 valence electrons. The van der Waals surface area contributed by atoms with Crippen molar-refractivity contribution in [3.63, 3.8) is 0 Å². The minimum Gasteiger partial charge on any atom is -0.395 e. The lowest BCUT2D eigenvalue weighted by molar-refractivity contribution is -0.141. The number of sulfonamides is 1. The van der Waals surface area contributed by atoms with E-state index < -0.39 is 27.8 Å². The number of aliphatic hydroxyl groups excluding tert-OH is 1. The third-order valence-corrected chi connectivity index (χ3v) is 8.25. The average Bonchev–Trinajstić information content (AvgIpc) is 3.77. The molecule has 0 unspecified atom stereocenters. The van der Waals surface area contributed by atoms with Crippen molar-refractivity contribution in [3.05, 3.63) is 101 Å². The first-order valence-electron chi connectivity index (χ1n) is 13.3. The Hall–Kier alpha value is -3.60. The van der Waals surface area contributed by atoms with Gasteiger partial charge in [-0.2, -0.15) is 0 Å². The summed E-state index contributed by atoms with van der Waals surface area (Å²) in [4.78, 5) is 28.6. The molecule has 4 rings (SSSR count). The molecule has 0 aliphatic heterocycles. The molecule has 0 aromatic heterocycles. The summed E-state index contributed by atoms with van der Waals surface area (Å²) < 4.78 is 41.1. The number of hydrogen-bond acceptors (Lipinski definition) is 5. The van der Waals surface area contributed by atoms with Gasteiger partial charge in [-0.25, -0.2) is 17.5 Å². The van der Waals surface area contributed by atoms with Crippen LogP contribution in [0.3, 0.4) is 0 Å². The number of rotatable bonds is 14. The predicted octanol–water partition coefficient (Wildman–Crippen LogP) is 2.95. The van der Waals surface area contributed by atoms with Crippen LogP contribution in [0.15, 0.2) is 83.8 Å². The molecule has 0 bridgehead atoms. The Bertz CT molecular complexity index is 1380. The van der Waals surface area contributed by atoms with Crippen LogP contribution in [0.1, 0.15) is 36.0 Å². The van der Waals surface area contributed by atoms with Crippen molar-refractivity contribution in [3.8, 4) is 0 Å². The van der Waals surface area contributed by atoms with Crippen molar-refractivity contribution >= 4 is 21.8 Å². The Kier molecular flexibility index (Phi) is 10.0. The maximum Gasteiger partial charge on any atom is 0.243 e. The van der Waals surface area contributed by atoms with Gasteiger partial charge in [-0.15, -0.1) is 0 Å². The van der Waals surface area contributed by atoms with E-state index in [1.54, 1.807) is 24.3 Å². The van der Waals surface area contributed by atoms with Crippen LogP contribution in [0.4, 0.5) is 4.39 Å². The highest BCUT2D eigenvalue weighted by atomic mass is 32.2. The maximum atomic E-state index is 13.7. The Balaban J connectivity index is 1.53. The third-order valence-electron chi connectivity index (χ3n) is 6.71. The zero-order valence-electron chi connectivity index (χ0n) is 22.1. The lowest BCUT2D eigenvalue weighted by atomic mass is 10.0. The Morgan fingerprint density at radius 3 is 2.20 bits per heavy atom. The van der Waals surface area contributed by atoms with Crippen molar-refractivity contribution in [1.29, 1.82) is 0 Å². The molecule has 3 aromatic rings. The Morgan fingerprint density at radius 2 is 1.57 bits per heavy atom. The second-order valence-corrected chi connectivity index (χ2v) is 11.6. The molecular formula is C30H34FN3O5S. The molecule has 0 spiro atoms. The number of hydrogen-bond donors (Lipinski definition) is 3. The molecule has 1 aliphatic carbocycles. The van der Waals surface area contributed by atoms with Crippen molar-refractivity contribution in [1.82, 2.24) is 14.9 Å². The van der Waals surface area contributed by atoms with Crippen LogP contribution < -0.4 is 10.0 Å². The van der Waals surface area contributed by atoms with Gasteiger partial charge in [0.25, 0.3) is 0 Å². The van der Waals surface area contributed by atoms with Gasteiger partial charge in [0.15, 0.2) is 0 Å². The van der Waals surface area contributed by atoms with E-state index in [0.29, 0.717) is 12.0 Å². The van der Waals surface area contributed by atoms with Crippen LogP contribution in [-0.2, 0) is 39.0 Å². The fourth-order valence-electron chi connectivity index (χ4n) is 4.36. The predicted molar refractivity (Wildman–Crippen MR) is 149 cm³/mol. The summed E-state index contributed by atoms with van der Waals surface area (Å²) in [6.45, 7) is -0.0989. The van der Waals surface area contributed by atoms with E-state index in [1.807, 2.05) is 30.3 Å². The maximum absolute atomic E-state index is 13.7. The molecule has 1 atom stereocenters. The van der Waals surface area contributed by atoms with Gasteiger partial charge in [-0.1, -0.05) is 54.6 Å². The number of nitrogens with zero attached hydrogens (tertiary/aromatic N) is 1. The van der Waals surface area contributed by atoms with Gasteiger partial charge in [-0.3, -0.25) is 9.59 Å². The van der Waals surface area contributed by atoms with Crippen molar-refractivity contribution in [2.75, 3.05) is 13.2 Å². The normalized spacial score (nSPS) is 13.9. The van der Waals surface area contributed by atoms with Crippen LogP contribution >= 0.6 is 0 Å². The van der Waals surface area contributed by atoms with Gasteiger partial charge in [0.05, 0.1) is 11.5 Å². The number of aryl methyl sites for hydroxylation is 1. The molecule has 1 saturated carbocycles. The summed E-state index contributed by atoms with van der Waals surface area (Å²) in [5, 5.41) is 11.9. The average molecular weight is 568 g/mol. The summed E-state index contributed by atoms with van der Waals surface area (Å²) >= 11 is 0. The van der Waals surface area contributed by atoms with Crippen molar-refractivity contribution in [2.24, 2.45) is 0 Å². The van der Waals surface area contributed by atoms with Gasteiger partial charge >= 0.3 is 0 Å². The highest BCUT2D eigenvalue weighted by molar-refractivity contribution is 7.89. The number of amides is 2. The van der Waals surface area contributed by atoms with Gasteiger partial charge in [0.2, 0.25) is 21.8 Å². The summed E-state index contributed by atoms with van der Waals surface area (Å²) in [5.41, 5.74) is 2.31. The smallest absolute Gasteiger partial charge is 0.243 e. The number of aliphatic hydroxyl groups is 1. The van der Waals surface area contributed by atoms with Gasteiger partial charge < -0.3 is 15.3 Å². The monoisotopic (exact) mass is 567 g/mol. The molecule has 2 amide bonds. The zero-order valence-corrected chi connectivity index (χ0v) is 22.9. The molecule has 8 nitrogen and oxygen atoms in total. The van der Waals surface area contributed by atoms with E-state index in [0.717, 1.165) is 24.0 Å². The molecular weight excluding hydrogens is 533 g/mol. The number of carbonyl (C=O) groups excluding carboxylic acids is 2. The van der Waals surface area contributed by atoms with Crippen molar-refractivity contribution in [2.45, 2.75) is 55.6 Å². The van der Waals surface area contributed by atoms with E-state index in [-0.39, 0.29) is 49.4 Å². The van der Waals surface area contributed by atoms with Crippen LogP contribution in [0.25, 0.3) is 0 Å². The van der Waals surface area contributed by atoms with Crippen molar-refractivity contribution < 1.29 is 27.5 Å². The first-order valence-corrected chi connectivity index (χ1v) is 14.8. The van der Waals surface area contributed by atoms with E-state index in [1.165, 1.54) is 29.2 Å². The molecule has 3 N–H and O–H groups in total. The summed E-state index contributed by atoms with van der Waals surface area (Å²) in [5.74, 6) is -1.08. The van der Waals surface area contributed by atoms with E-state index in [4.69, 9.17) is 0 Å². The van der Waals surface area contributed by atoms with Crippen LogP contribution in [0.2, 0.25) is 0 Å². The zero-order chi connectivity index (χ0) is 28.5. The molecule has 0 saturated heterocycles. The number of benzene rings is 3. The Labute approximate surface area is 234 Å². The molecule has 1 fully saturated rings. The number of nitrogens with one attached hydrogen (secondary N) is 2. The summed E-state index contributed by atoms with van der Waals surface area (Å²) in [6, 6.07) is 20.7. The topological polar surface area (TPSA) is 116 Å². The number of halogens is 1. The van der Waals surface area contributed by atoms with E-state index in [2.05, 4.69) is 10.0 Å². The summed E-state index contributed by atoms with van der Waals surface area (Å²) in [7, 11) is -3.57. The van der Waals surface area contributed by atoms with Crippen LogP contribution in [0.5, 0.6) is 0 Å². The molecule has 10 heteroatoms. The fraction of sp³-hybridized carbons (Fsp3) is 0.333. The van der Waals surface area contributed by atoms with Crippen LogP contribution in [-0.4, -0.2) is 55.5 Å². The second kappa shape index (κ2) is 13.6. The quantitative estimate of drug-likeness (QED) is 0.277. The first kappa shape index (κ1) is 29.4. The van der Waals surface area contributed by atoms with Crippen LogP contribution in [0, 0.1) is 5.82 Å². The highest BCUT2D eigenvalue weighted by Gasteiger charge is 2.30. The van der Waals surface area contributed by atoms with E-state index >= 15 is 0 Å². The lowest BCUT2D eigenvalue weighted by Gasteiger charge is -2.31. The van der Waals surface area contributed by atoms with Gasteiger partial charge in [0, 0.05) is 32.0 Å². The molecule has 1 aliphatic rings. The molecule has 0 radical (unpaired) electrons. The number of carbonyl (C=O) groups is 2. The Morgan fingerprint density at radius 1 is 0.925 bits per heavy atom. The third kappa shape index (κ3) is 8.45. The SMILES string of the molecule is O=C(NCCO)[C@@H](Cc1ccccc1)N(Cc1ccc(F)cc1)C(=O)CCc1ccc(S(=O)(=O)NC2CC2)cc1. The highest BCUT2D eigenvalue weighted by Crippen LogP contribution is 2.23. The first-order chi connectivity index (χ1) is 19.2. The fourth-order valence-corrected chi connectivity index (χ4v) is 5.66. The lowest BCUT2D eigenvalue weighted by Crippen LogP contribution is -2.51. The van der Waals surface area contributed by atoms with E-state index in [9.17, 15) is 27.5 Å². The largest absolute Gasteiger partial charge is 0.395 e. The standard InChI is InChI=1S/C30H34FN3O5S/c31-25-11-6-24(7-12-25)21-34(28(30(37)32-18-19-35)20-23-4-2-1-3-5-23)29(36)17-10-22-8-15-27(16-9-22)40(38,39)33-26-13-14-26/h1-9,11-12,15-16,26,28,33,35H,10,13-14,17-21H2,(H,32,37)/t28-/m1/s1. The minimum absolute atomic E-state index is 0.00722. The molecule has 3 aromatic carbocycles. The van der Waals surface area contributed by atoms with Gasteiger partial charge in [0.1, 0.15) is 11.9 Å². The molecule has 40 heavy (non-hydrogen) atoms. The molecule has 0 heterocycles. The minimum atomic E-state index is -3.57. The summed E-state index contributed by atoms with van der Waals surface area (Å²) in [6.07, 6.45) is 2.36. The van der Waals surface area contributed by atoms with Gasteiger partial charge in [-0.05, 0) is 60.2 Å².